The molecule has 8 heteroatoms. The molecule has 0 heterocycles. The Morgan fingerprint density at radius 2 is 0.775 bits per heavy atom. The molecule has 0 fully saturated rings. The van der Waals surface area contributed by atoms with E-state index < -0.39 is 11.9 Å². The maximum absolute atomic E-state index is 11.3. The number of carbonyl (C=O) groups excluding carboxylic acids is 2. The van der Waals surface area contributed by atoms with Crippen molar-refractivity contribution in [3.8, 4) is 34.5 Å². The van der Waals surface area contributed by atoms with Gasteiger partial charge in [-0.15, -0.1) is 0 Å². The molecule has 8 nitrogen and oxygen atoms in total. The highest BCUT2D eigenvalue weighted by Crippen LogP contribution is 2.28. The molecule has 3 aromatic carbocycles. The summed E-state index contributed by atoms with van der Waals surface area (Å²) < 4.78 is 33.2. The lowest BCUT2D eigenvalue weighted by Crippen LogP contribution is -2.09. The van der Waals surface area contributed by atoms with Crippen molar-refractivity contribution in [2.75, 3.05) is 26.4 Å². The Morgan fingerprint density at radius 3 is 1.05 bits per heavy atom. The molecular formula is C32H34O8. The van der Waals surface area contributed by atoms with Crippen molar-refractivity contribution in [1.82, 2.24) is 0 Å². The zero-order valence-corrected chi connectivity index (χ0v) is 22.9. The van der Waals surface area contributed by atoms with Gasteiger partial charge in [-0.25, -0.2) is 9.59 Å². The van der Waals surface area contributed by atoms with Gasteiger partial charge in [-0.05, 0) is 86.6 Å². The highest BCUT2D eigenvalue weighted by Gasteiger charge is 2.05. The second-order valence-electron chi connectivity index (χ2n) is 8.85. The van der Waals surface area contributed by atoms with Crippen LogP contribution in [-0.4, -0.2) is 38.4 Å². The van der Waals surface area contributed by atoms with E-state index >= 15 is 0 Å². The van der Waals surface area contributed by atoms with Gasteiger partial charge in [-0.1, -0.05) is 13.2 Å². The lowest BCUT2D eigenvalue weighted by atomic mass is 10.3. The molecule has 0 amide bonds. The van der Waals surface area contributed by atoms with Crippen LogP contribution >= 0.6 is 0 Å². The first kappa shape index (κ1) is 29.8. The zero-order valence-electron chi connectivity index (χ0n) is 22.9. The Bertz CT molecular complexity index is 1160. The van der Waals surface area contributed by atoms with Gasteiger partial charge in [-0.2, -0.15) is 0 Å². The Balaban J connectivity index is 1.37. The fraction of sp³-hybridized carbons (Fsp3) is 0.250. The highest BCUT2D eigenvalue weighted by atomic mass is 16.5. The summed E-state index contributed by atoms with van der Waals surface area (Å²) in [6, 6.07) is 21.8. The van der Waals surface area contributed by atoms with Crippen LogP contribution in [0.4, 0.5) is 0 Å². The van der Waals surface area contributed by atoms with E-state index in [-0.39, 0.29) is 13.2 Å². The molecule has 0 saturated heterocycles. The van der Waals surface area contributed by atoms with Gasteiger partial charge in [0, 0.05) is 24.0 Å². The Morgan fingerprint density at radius 1 is 0.500 bits per heavy atom. The molecule has 0 aliphatic heterocycles. The second-order valence-corrected chi connectivity index (χ2v) is 8.85. The summed E-state index contributed by atoms with van der Waals surface area (Å²) in [5.41, 5.74) is 0.759. The minimum absolute atomic E-state index is 0.282. The van der Waals surface area contributed by atoms with Crippen molar-refractivity contribution in [3.05, 3.63) is 97.1 Å². The van der Waals surface area contributed by atoms with E-state index in [2.05, 4.69) is 13.2 Å². The van der Waals surface area contributed by atoms with Gasteiger partial charge in [0.1, 0.15) is 34.5 Å². The normalized spacial score (nSPS) is 10.2. The van der Waals surface area contributed by atoms with E-state index in [0.29, 0.717) is 71.7 Å². The number of benzene rings is 3. The first-order valence-corrected chi connectivity index (χ1v) is 12.9. The van der Waals surface area contributed by atoms with E-state index in [9.17, 15) is 9.59 Å². The fourth-order valence-corrected chi connectivity index (χ4v) is 3.13. The molecule has 3 aromatic rings. The summed E-state index contributed by atoms with van der Waals surface area (Å²) in [6.45, 7) is 11.7. The van der Waals surface area contributed by atoms with E-state index in [4.69, 9.17) is 28.4 Å². The number of hydrogen-bond acceptors (Lipinski definition) is 8. The first-order chi connectivity index (χ1) is 19.3. The molecule has 0 aliphatic carbocycles. The number of hydrogen-bond donors (Lipinski definition) is 0. The molecule has 0 radical (unpaired) electrons. The van der Waals surface area contributed by atoms with Crippen LogP contribution in [0.5, 0.6) is 34.5 Å². The van der Waals surface area contributed by atoms with Crippen molar-refractivity contribution in [2.24, 2.45) is 0 Å². The van der Waals surface area contributed by atoms with Crippen molar-refractivity contribution in [1.29, 1.82) is 0 Å². The molecule has 0 N–H and O–H groups in total. The molecule has 0 unspecified atom stereocenters. The van der Waals surface area contributed by atoms with Gasteiger partial charge in [-0.3, -0.25) is 0 Å². The zero-order chi connectivity index (χ0) is 28.7. The van der Waals surface area contributed by atoms with E-state index in [1.54, 1.807) is 13.8 Å². The fourth-order valence-electron chi connectivity index (χ4n) is 3.13. The van der Waals surface area contributed by atoms with E-state index in [1.165, 1.54) is 0 Å². The van der Waals surface area contributed by atoms with Crippen LogP contribution in [0.25, 0.3) is 0 Å². The summed E-state index contributed by atoms with van der Waals surface area (Å²) in [4.78, 5) is 22.7. The molecule has 40 heavy (non-hydrogen) atoms. The predicted octanol–water partition coefficient (Wildman–Crippen LogP) is 7.05. The van der Waals surface area contributed by atoms with E-state index in [1.807, 2.05) is 72.8 Å². The molecule has 3 rings (SSSR count). The third kappa shape index (κ3) is 10.6. The number of ether oxygens (including phenoxy) is 6. The van der Waals surface area contributed by atoms with E-state index in [0.717, 1.165) is 0 Å². The largest absolute Gasteiger partial charge is 0.493 e. The van der Waals surface area contributed by atoms with Crippen molar-refractivity contribution in [2.45, 2.75) is 26.7 Å². The van der Waals surface area contributed by atoms with Crippen LogP contribution in [0.2, 0.25) is 0 Å². The maximum atomic E-state index is 11.3. The van der Waals surface area contributed by atoms with Crippen LogP contribution in [0.15, 0.2) is 97.1 Å². The van der Waals surface area contributed by atoms with Crippen molar-refractivity contribution >= 4 is 11.9 Å². The Kier molecular flexibility index (Phi) is 11.7. The minimum Gasteiger partial charge on any atom is -0.493 e. The first-order valence-electron chi connectivity index (χ1n) is 12.9. The third-order valence-corrected chi connectivity index (χ3v) is 5.22. The van der Waals surface area contributed by atoms with Crippen LogP contribution in [0.1, 0.15) is 26.7 Å². The lowest BCUT2D eigenvalue weighted by molar-refractivity contribution is -0.140. The molecular weight excluding hydrogens is 512 g/mol. The second kappa shape index (κ2) is 15.6. The summed E-state index contributed by atoms with van der Waals surface area (Å²) in [6.07, 6.45) is 1.17. The summed E-state index contributed by atoms with van der Waals surface area (Å²) >= 11 is 0. The van der Waals surface area contributed by atoms with Gasteiger partial charge >= 0.3 is 11.9 Å². The van der Waals surface area contributed by atoms with Crippen LogP contribution < -0.4 is 18.9 Å². The number of rotatable bonds is 16. The number of esters is 2. The average molecular weight is 547 g/mol. The van der Waals surface area contributed by atoms with Gasteiger partial charge < -0.3 is 28.4 Å². The summed E-state index contributed by atoms with van der Waals surface area (Å²) in [7, 11) is 0. The topological polar surface area (TPSA) is 89.5 Å². The van der Waals surface area contributed by atoms with Crippen LogP contribution in [0.3, 0.4) is 0 Å². The highest BCUT2D eigenvalue weighted by molar-refractivity contribution is 5.87. The standard InChI is InChI=1S/C32H34O8/c1-23(2)31(33)37-21-5-19-35-25-7-11-27(12-8-25)39-29-15-17-30(18-16-29)40-28-13-9-26(10-14-28)36-20-6-22-38-32(34)24(3)4/h7-18H,1,3,5-6,19-22H2,2,4H3. The van der Waals surface area contributed by atoms with Crippen LogP contribution in [-0.2, 0) is 19.1 Å². The molecule has 0 saturated carbocycles. The molecule has 0 aromatic heterocycles. The molecule has 0 spiro atoms. The van der Waals surface area contributed by atoms with Gasteiger partial charge in [0.15, 0.2) is 0 Å². The van der Waals surface area contributed by atoms with Gasteiger partial charge in [0.2, 0.25) is 0 Å². The summed E-state index contributed by atoms with van der Waals surface area (Å²) in [5.74, 6) is 3.27. The quantitative estimate of drug-likeness (QED) is 0.107. The molecule has 0 atom stereocenters. The lowest BCUT2D eigenvalue weighted by Gasteiger charge is -2.10. The van der Waals surface area contributed by atoms with Crippen molar-refractivity contribution in [3.63, 3.8) is 0 Å². The average Bonchev–Trinajstić information content (AvgIpc) is 2.95. The Labute approximate surface area is 234 Å². The van der Waals surface area contributed by atoms with Gasteiger partial charge in [0.25, 0.3) is 0 Å². The summed E-state index contributed by atoms with van der Waals surface area (Å²) in [5, 5.41) is 0. The monoisotopic (exact) mass is 546 g/mol. The third-order valence-electron chi connectivity index (χ3n) is 5.22. The van der Waals surface area contributed by atoms with Crippen LogP contribution in [0, 0.1) is 0 Å². The van der Waals surface area contributed by atoms with Crippen molar-refractivity contribution < 1.29 is 38.0 Å². The van der Waals surface area contributed by atoms with Gasteiger partial charge in [0.05, 0.1) is 26.4 Å². The Hall–Kier alpha value is -4.72. The minimum atomic E-state index is -0.393. The predicted molar refractivity (Wildman–Crippen MR) is 151 cm³/mol. The number of carbonyl (C=O) groups is 2. The maximum Gasteiger partial charge on any atom is 0.333 e. The molecule has 210 valence electrons. The SMILES string of the molecule is C=C(C)C(=O)OCCCOc1ccc(Oc2ccc(Oc3ccc(OCCCOC(=O)C(=C)C)cc3)cc2)cc1. The smallest absolute Gasteiger partial charge is 0.333 e. The molecule has 0 aliphatic rings. The molecule has 0 bridgehead atoms.